The molecular weight excluding hydrogens is 455 g/mol. The summed E-state index contributed by atoms with van der Waals surface area (Å²) >= 11 is 0. The van der Waals surface area contributed by atoms with Gasteiger partial charge in [-0.1, -0.05) is 49.8 Å². The second-order valence-electron chi connectivity index (χ2n) is 7.70. The van der Waals surface area contributed by atoms with Crippen LogP contribution in [0.2, 0.25) is 0 Å². The van der Waals surface area contributed by atoms with Crippen LogP contribution in [0.25, 0.3) is 0 Å². The first-order valence-electron chi connectivity index (χ1n) is 9.99. The van der Waals surface area contributed by atoms with Gasteiger partial charge in [-0.2, -0.15) is 0 Å². The topological polar surface area (TPSA) is 59.6 Å². The minimum Gasteiger partial charge on any atom is -0.495 e. The zero-order chi connectivity index (χ0) is 23.5. The highest BCUT2D eigenvalue weighted by Crippen LogP contribution is 3.02. The van der Waals surface area contributed by atoms with Gasteiger partial charge in [-0.05, 0) is 49.4 Å². The molecule has 178 valence electrons. The zero-order valence-corrected chi connectivity index (χ0v) is 18.1. The van der Waals surface area contributed by atoms with Crippen LogP contribution in [0.5, 0.6) is 5.75 Å². The van der Waals surface area contributed by atoms with Crippen molar-refractivity contribution in [1.82, 2.24) is 5.32 Å². The van der Waals surface area contributed by atoms with E-state index < -0.39 is 26.8 Å². The molecule has 0 unspecified atom stereocenters. The molecule has 0 spiro atoms. The van der Waals surface area contributed by atoms with Crippen molar-refractivity contribution in [3.63, 3.8) is 0 Å². The highest BCUT2D eigenvalue weighted by atomic mass is 32.5. The molecule has 0 aromatic heterocycles. The molecule has 0 aliphatic heterocycles. The molecule has 1 aliphatic rings. The number of carbonyl (C=O) groups excluding carboxylic acids is 1. The molecule has 0 atom stereocenters. The van der Waals surface area contributed by atoms with E-state index in [-0.39, 0.29) is 30.0 Å². The van der Waals surface area contributed by atoms with Gasteiger partial charge < -0.3 is 20.1 Å². The van der Waals surface area contributed by atoms with Gasteiger partial charge in [-0.25, -0.2) is 4.79 Å². The molecule has 11 heteroatoms. The molecule has 1 fully saturated rings. The van der Waals surface area contributed by atoms with Crippen LogP contribution in [0, 0.1) is 0 Å². The summed E-state index contributed by atoms with van der Waals surface area (Å²) in [5, 5.41) is 4.86. The van der Waals surface area contributed by atoms with Gasteiger partial charge in [0.25, 0.3) is 0 Å². The first kappa shape index (κ1) is 24.1. The lowest BCUT2D eigenvalue weighted by molar-refractivity contribution is 0.0122. The number of rotatable bonds is 7. The Balaban J connectivity index is 1.54. The molecule has 3 rings (SSSR count). The summed E-state index contributed by atoms with van der Waals surface area (Å²) in [6, 6.07) is 9.89. The fourth-order valence-electron chi connectivity index (χ4n) is 3.53. The molecule has 1 saturated carbocycles. The molecular formula is C21H25F5N2O3S. The van der Waals surface area contributed by atoms with E-state index >= 15 is 0 Å². The quantitative estimate of drug-likeness (QED) is 0.420. The standard InChI is InChI=1S/C21H25F5N2O3S/c1-30-20-12-11-18(32(22,23,24,25)26)13-19(20)28-21(29)27-16-7-9-17(10-8-16)31-14-15-5-3-2-4-6-15/h2-6,11-13,16-17H,7-10,14H2,1H3,(H2,27,28,29). The molecule has 2 amide bonds. The van der Waals surface area contributed by atoms with Crippen molar-refractivity contribution in [2.24, 2.45) is 0 Å². The number of hydrogen-bond donors (Lipinski definition) is 2. The molecule has 0 heterocycles. The van der Waals surface area contributed by atoms with E-state index in [1.165, 1.54) is 0 Å². The van der Waals surface area contributed by atoms with Crippen molar-refractivity contribution in [1.29, 1.82) is 0 Å². The van der Waals surface area contributed by atoms with Gasteiger partial charge in [0.1, 0.15) is 10.6 Å². The average molecular weight is 480 g/mol. The van der Waals surface area contributed by atoms with Crippen LogP contribution in [-0.2, 0) is 11.3 Å². The van der Waals surface area contributed by atoms with Crippen LogP contribution in [-0.4, -0.2) is 25.3 Å². The van der Waals surface area contributed by atoms with Gasteiger partial charge in [0.05, 0.1) is 25.5 Å². The Morgan fingerprint density at radius 2 is 1.66 bits per heavy atom. The maximum absolute atomic E-state index is 13.1. The Kier molecular flexibility index (Phi) is 6.36. The van der Waals surface area contributed by atoms with Crippen LogP contribution >= 0.6 is 10.2 Å². The fourth-order valence-corrected chi connectivity index (χ4v) is 4.20. The van der Waals surface area contributed by atoms with E-state index in [0.29, 0.717) is 32.3 Å². The maximum Gasteiger partial charge on any atom is 0.319 e. The molecule has 2 N–H and O–H groups in total. The largest absolute Gasteiger partial charge is 0.495 e. The second-order valence-corrected chi connectivity index (χ2v) is 10.1. The van der Waals surface area contributed by atoms with Crippen molar-refractivity contribution in [3.05, 3.63) is 54.1 Å². The van der Waals surface area contributed by atoms with E-state index in [2.05, 4.69) is 10.6 Å². The Morgan fingerprint density at radius 3 is 2.25 bits per heavy atom. The van der Waals surface area contributed by atoms with E-state index in [9.17, 15) is 24.2 Å². The third-order valence-corrected chi connectivity index (χ3v) is 6.35. The smallest absolute Gasteiger partial charge is 0.319 e. The van der Waals surface area contributed by atoms with Crippen molar-refractivity contribution in [3.8, 4) is 5.75 Å². The summed E-state index contributed by atoms with van der Waals surface area (Å²) in [6.45, 7) is 0.492. The van der Waals surface area contributed by atoms with Crippen molar-refractivity contribution in [2.75, 3.05) is 12.4 Å². The lowest BCUT2D eigenvalue weighted by atomic mass is 9.93. The van der Waals surface area contributed by atoms with Crippen LogP contribution in [0.15, 0.2) is 53.4 Å². The molecule has 2 aromatic rings. The number of amides is 2. The van der Waals surface area contributed by atoms with E-state index in [0.717, 1.165) is 18.7 Å². The molecule has 2 aromatic carbocycles. The first-order valence-corrected chi connectivity index (χ1v) is 11.9. The van der Waals surface area contributed by atoms with Gasteiger partial charge in [0, 0.05) is 6.04 Å². The first-order chi connectivity index (χ1) is 14.8. The van der Waals surface area contributed by atoms with Crippen LogP contribution in [0.3, 0.4) is 0 Å². The minimum atomic E-state index is -9.89. The summed E-state index contributed by atoms with van der Waals surface area (Å²) in [5.41, 5.74) is 0.575. The highest BCUT2D eigenvalue weighted by molar-refractivity contribution is 8.45. The Morgan fingerprint density at radius 1 is 1.00 bits per heavy atom. The summed E-state index contributed by atoms with van der Waals surface area (Å²) in [4.78, 5) is 10.2. The van der Waals surface area contributed by atoms with Crippen LogP contribution in [0.4, 0.5) is 29.9 Å². The molecule has 5 nitrogen and oxygen atoms in total. The number of nitrogens with one attached hydrogen (secondary N) is 2. The highest BCUT2D eigenvalue weighted by Gasteiger charge is 2.65. The second kappa shape index (κ2) is 8.43. The molecule has 0 saturated heterocycles. The maximum atomic E-state index is 13.1. The number of carbonyl (C=O) groups is 1. The molecule has 32 heavy (non-hydrogen) atoms. The number of urea groups is 1. The fraction of sp³-hybridized carbons (Fsp3) is 0.381. The van der Waals surface area contributed by atoms with Gasteiger partial charge in [-0.15, -0.1) is 0 Å². The Labute approximate surface area is 183 Å². The predicted molar refractivity (Wildman–Crippen MR) is 114 cm³/mol. The zero-order valence-electron chi connectivity index (χ0n) is 17.3. The normalized spacial score (nSPS) is 21.2. The minimum absolute atomic E-state index is 0.0468. The van der Waals surface area contributed by atoms with E-state index in [1.807, 2.05) is 30.3 Å². The number of hydrogen-bond acceptors (Lipinski definition) is 3. The summed E-state index contributed by atoms with van der Waals surface area (Å²) in [5.74, 6) is -0.163. The number of anilines is 1. The lowest BCUT2D eigenvalue weighted by Gasteiger charge is -2.40. The van der Waals surface area contributed by atoms with Gasteiger partial charge in [0.15, 0.2) is 0 Å². The monoisotopic (exact) mass is 480 g/mol. The molecule has 1 aliphatic carbocycles. The van der Waals surface area contributed by atoms with Gasteiger partial charge in [-0.3, -0.25) is 0 Å². The number of benzene rings is 2. The summed E-state index contributed by atoms with van der Waals surface area (Å²) < 4.78 is 76.3. The Bertz CT molecular complexity index is 950. The SMILES string of the molecule is COc1ccc(S(F)(F)(F)(F)F)cc1NC(=O)NC1CCC(OCc2ccccc2)CC1. The van der Waals surface area contributed by atoms with Crippen molar-refractivity contribution < 1.29 is 33.7 Å². The lowest BCUT2D eigenvalue weighted by Crippen LogP contribution is -2.41. The molecule has 0 bridgehead atoms. The Hall–Kier alpha value is -2.53. The van der Waals surface area contributed by atoms with E-state index in [4.69, 9.17) is 9.47 Å². The number of methoxy groups -OCH3 is 1. The average Bonchev–Trinajstić information content (AvgIpc) is 2.72. The van der Waals surface area contributed by atoms with Crippen molar-refractivity contribution in [2.45, 2.75) is 49.3 Å². The molecule has 0 radical (unpaired) electrons. The van der Waals surface area contributed by atoms with Crippen molar-refractivity contribution >= 4 is 21.9 Å². The number of halogens is 5. The predicted octanol–water partition coefficient (Wildman–Crippen LogP) is 7.00. The van der Waals surface area contributed by atoms with Gasteiger partial charge >= 0.3 is 16.3 Å². The van der Waals surface area contributed by atoms with Gasteiger partial charge in [0.2, 0.25) is 0 Å². The van der Waals surface area contributed by atoms with E-state index in [1.54, 1.807) is 0 Å². The number of ether oxygens (including phenoxy) is 2. The summed E-state index contributed by atoms with van der Waals surface area (Å²) in [7, 11) is -8.73. The summed E-state index contributed by atoms with van der Waals surface area (Å²) in [6.07, 6.45) is 2.71. The van der Waals surface area contributed by atoms with Crippen LogP contribution < -0.4 is 15.4 Å². The third kappa shape index (κ3) is 6.73. The van der Waals surface area contributed by atoms with Crippen LogP contribution in [0.1, 0.15) is 31.2 Å². The third-order valence-electron chi connectivity index (χ3n) is 5.20.